The van der Waals surface area contributed by atoms with Crippen LogP contribution in [0.15, 0.2) is 16.7 Å². The van der Waals surface area contributed by atoms with Crippen molar-refractivity contribution in [2.75, 3.05) is 19.1 Å². The Hall–Kier alpha value is -0.450. The lowest BCUT2D eigenvalue weighted by Crippen LogP contribution is -2.31. The molecular formula is C14H26N2OS. The summed E-state index contributed by atoms with van der Waals surface area (Å²) in [4.78, 5) is 2.34. The molecule has 1 atom stereocenters. The summed E-state index contributed by atoms with van der Waals surface area (Å²) >= 11 is 1.88. The Morgan fingerprint density at radius 3 is 2.72 bits per heavy atom. The van der Waals surface area contributed by atoms with Crippen molar-refractivity contribution in [1.29, 1.82) is 0 Å². The van der Waals surface area contributed by atoms with Gasteiger partial charge in [-0.1, -0.05) is 13.8 Å². The van der Waals surface area contributed by atoms with Crippen LogP contribution in [-0.2, 0) is 13.1 Å². The fraction of sp³-hybridized carbons (Fsp3) is 0.714. The van der Waals surface area contributed by atoms with E-state index in [0.717, 1.165) is 24.6 Å². The monoisotopic (exact) mass is 270 g/mol. The predicted molar refractivity (Wildman–Crippen MR) is 80.0 cm³/mol. The molecule has 1 N–H and O–H groups in total. The SMILES string of the molecule is CSCC(C)N(C)Cc1occc1CNC(C)C. The lowest BCUT2D eigenvalue weighted by molar-refractivity contribution is 0.245. The quantitative estimate of drug-likeness (QED) is 0.786. The first kappa shape index (κ1) is 15.6. The fourth-order valence-electron chi connectivity index (χ4n) is 1.73. The van der Waals surface area contributed by atoms with Crippen molar-refractivity contribution in [3.05, 3.63) is 23.7 Å². The van der Waals surface area contributed by atoms with Crippen molar-refractivity contribution in [2.45, 2.75) is 45.9 Å². The van der Waals surface area contributed by atoms with Gasteiger partial charge in [-0.05, 0) is 26.3 Å². The molecule has 0 aromatic carbocycles. The maximum absolute atomic E-state index is 5.61. The highest BCUT2D eigenvalue weighted by molar-refractivity contribution is 7.98. The van der Waals surface area contributed by atoms with Crippen LogP contribution in [0.1, 0.15) is 32.1 Å². The number of nitrogens with zero attached hydrogens (tertiary/aromatic N) is 1. The summed E-state index contributed by atoms with van der Waals surface area (Å²) in [6, 6.07) is 3.13. The van der Waals surface area contributed by atoms with Crippen LogP contribution in [0.3, 0.4) is 0 Å². The van der Waals surface area contributed by atoms with Crippen LogP contribution in [0.2, 0.25) is 0 Å². The van der Waals surface area contributed by atoms with Gasteiger partial charge in [0.25, 0.3) is 0 Å². The average molecular weight is 270 g/mol. The third-order valence-corrected chi connectivity index (χ3v) is 3.91. The van der Waals surface area contributed by atoms with Crippen LogP contribution < -0.4 is 5.32 Å². The fourth-order valence-corrected chi connectivity index (χ4v) is 2.47. The smallest absolute Gasteiger partial charge is 0.122 e. The summed E-state index contributed by atoms with van der Waals surface area (Å²) in [6.45, 7) is 8.34. The topological polar surface area (TPSA) is 28.4 Å². The minimum absolute atomic E-state index is 0.501. The summed E-state index contributed by atoms with van der Waals surface area (Å²) in [5.41, 5.74) is 1.27. The molecular weight excluding hydrogens is 244 g/mol. The molecule has 0 bridgehead atoms. The highest BCUT2D eigenvalue weighted by Gasteiger charge is 2.13. The highest BCUT2D eigenvalue weighted by Crippen LogP contribution is 2.15. The number of rotatable bonds is 8. The molecule has 1 aromatic heterocycles. The molecule has 104 valence electrons. The predicted octanol–water partition coefficient (Wildman–Crippen LogP) is 2.96. The second kappa shape index (κ2) is 7.87. The summed E-state index contributed by atoms with van der Waals surface area (Å²) < 4.78 is 5.61. The van der Waals surface area contributed by atoms with Gasteiger partial charge in [0, 0.05) is 29.9 Å². The Kier molecular flexibility index (Phi) is 6.82. The van der Waals surface area contributed by atoms with E-state index in [-0.39, 0.29) is 0 Å². The molecule has 1 rings (SSSR count). The Labute approximate surface area is 115 Å². The van der Waals surface area contributed by atoms with Gasteiger partial charge in [0.15, 0.2) is 0 Å². The lowest BCUT2D eigenvalue weighted by atomic mass is 10.2. The Morgan fingerprint density at radius 1 is 1.39 bits per heavy atom. The van der Waals surface area contributed by atoms with Crippen LogP contribution >= 0.6 is 11.8 Å². The second-order valence-electron chi connectivity index (χ2n) is 5.12. The van der Waals surface area contributed by atoms with Crippen molar-refractivity contribution < 1.29 is 4.42 Å². The molecule has 4 heteroatoms. The van der Waals surface area contributed by atoms with Gasteiger partial charge < -0.3 is 9.73 Å². The first-order valence-corrected chi connectivity index (χ1v) is 7.91. The summed E-state index contributed by atoms with van der Waals surface area (Å²) in [5.74, 6) is 2.23. The molecule has 0 radical (unpaired) electrons. The van der Waals surface area contributed by atoms with Crippen LogP contribution in [0.4, 0.5) is 0 Å². The number of thioether (sulfide) groups is 1. The summed E-state index contributed by atoms with van der Waals surface area (Å²) in [6.07, 6.45) is 3.94. The van der Waals surface area contributed by atoms with Gasteiger partial charge in [0.2, 0.25) is 0 Å². The standard InChI is InChI=1S/C14H26N2OS/c1-11(2)15-8-13-6-7-17-14(13)9-16(4)12(3)10-18-5/h6-7,11-12,15H,8-10H2,1-5H3. The number of nitrogens with one attached hydrogen (secondary N) is 1. The van der Waals surface area contributed by atoms with Gasteiger partial charge in [0.05, 0.1) is 12.8 Å². The molecule has 0 amide bonds. The third-order valence-electron chi connectivity index (χ3n) is 3.09. The Balaban J connectivity index is 2.53. The first-order chi connectivity index (χ1) is 8.54. The molecule has 1 heterocycles. The molecule has 1 unspecified atom stereocenters. The molecule has 0 saturated heterocycles. The number of hydrogen-bond acceptors (Lipinski definition) is 4. The zero-order valence-electron chi connectivity index (χ0n) is 12.2. The molecule has 1 aromatic rings. The van der Waals surface area contributed by atoms with Gasteiger partial charge in [0.1, 0.15) is 5.76 Å². The molecule has 0 fully saturated rings. The van der Waals surface area contributed by atoms with Crippen LogP contribution in [0.25, 0.3) is 0 Å². The first-order valence-electron chi connectivity index (χ1n) is 6.52. The largest absolute Gasteiger partial charge is 0.468 e. The maximum Gasteiger partial charge on any atom is 0.122 e. The molecule has 0 aliphatic rings. The zero-order chi connectivity index (χ0) is 13.5. The summed E-state index contributed by atoms with van der Waals surface area (Å²) in [7, 11) is 2.16. The van der Waals surface area contributed by atoms with E-state index in [1.807, 2.05) is 11.8 Å². The second-order valence-corrected chi connectivity index (χ2v) is 6.03. The van der Waals surface area contributed by atoms with Crippen molar-refractivity contribution in [3.8, 4) is 0 Å². The van der Waals surface area contributed by atoms with E-state index in [2.05, 4.69) is 50.4 Å². The maximum atomic E-state index is 5.61. The van der Waals surface area contributed by atoms with E-state index in [1.165, 1.54) is 5.56 Å². The van der Waals surface area contributed by atoms with Gasteiger partial charge in [-0.15, -0.1) is 0 Å². The van der Waals surface area contributed by atoms with Crippen LogP contribution in [-0.4, -0.2) is 36.0 Å². The Bertz CT molecular complexity index is 338. The van der Waals surface area contributed by atoms with E-state index in [9.17, 15) is 0 Å². The minimum atomic E-state index is 0.501. The molecule has 3 nitrogen and oxygen atoms in total. The molecule has 0 aliphatic carbocycles. The molecule has 0 aliphatic heterocycles. The van der Waals surface area contributed by atoms with Gasteiger partial charge >= 0.3 is 0 Å². The lowest BCUT2D eigenvalue weighted by Gasteiger charge is -2.23. The van der Waals surface area contributed by atoms with E-state index >= 15 is 0 Å². The molecule has 0 saturated carbocycles. The van der Waals surface area contributed by atoms with Gasteiger partial charge in [-0.3, -0.25) is 4.90 Å². The van der Waals surface area contributed by atoms with Crippen molar-refractivity contribution in [1.82, 2.24) is 10.2 Å². The zero-order valence-corrected chi connectivity index (χ0v) is 13.0. The number of furan rings is 1. The minimum Gasteiger partial charge on any atom is -0.468 e. The van der Waals surface area contributed by atoms with Gasteiger partial charge in [-0.25, -0.2) is 0 Å². The van der Waals surface area contributed by atoms with E-state index in [4.69, 9.17) is 4.42 Å². The normalized spacial score (nSPS) is 13.5. The van der Waals surface area contributed by atoms with Gasteiger partial charge in [-0.2, -0.15) is 11.8 Å². The molecule has 0 spiro atoms. The van der Waals surface area contributed by atoms with Crippen LogP contribution in [0, 0.1) is 0 Å². The molecule has 18 heavy (non-hydrogen) atoms. The van der Waals surface area contributed by atoms with Crippen LogP contribution in [0.5, 0.6) is 0 Å². The number of hydrogen-bond donors (Lipinski definition) is 1. The van der Waals surface area contributed by atoms with E-state index in [0.29, 0.717) is 12.1 Å². The van der Waals surface area contributed by atoms with Crippen molar-refractivity contribution >= 4 is 11.8 Å². The third kappa shape index (κ3) is 5.04. The average Bonchev–Trinajstić information content (AvgIpc) is 2.74. The highest BCUT2D eigenvalue weighted by atomic mass is 32.2. The Morgan fingerprint density at radius 2 is 2.11 bits per heavy atom. The van der Waals surface area contributed by atoms with E-state index < -0.39 is 0 Å². The van der Waals surface area contributed by atoms with Crippen molar-refractivity contribution in [2.24, 2.45) is 0 Å². The van der Waals surface area contributed by atoms with Crippen molar-refractivity contribution in [3.63, 3.8) is 0 Å². The summed E-state index contributed by atoms with van der Waals surface area (Å²) in [5, 5.41) is 3.43. The van der Waals surface area contributed by atoms with E-state index in [1.54, 1.807) is 6.26 Å².